The zero-order valence-corrected chi connectivity index (χ0v) is 23.2. The number of aromatic amines is 1. The molecule has 0 aromatic carbocycles. The number of carbonyl (C=O) groups excluding carboxylic acids is 2. The Morgan fingerprint density at radius 1 is 1.24 bits per heavy atom. The molecular weight excluding hydrogens is 505 g/mol. The minimum absolute atomic E-state index is 0.0254. The van der Waals surface area contributed by atoms with Gasteiger partial charge in [-0.05, 0) is 62.5 Å². The predicted octanol–water partition coefficient (Wildman–Crippen LogP) is 4.60. The molecule has 38 heavy (non-hydrogen) atoms. The van der Waals surface area contributed by atoms with Crippen LogP contribution in [0, 0.1) is 24.7 Å². The van der Waals surface area contributed by atoms with E-state index in [2.05, 4.69) is 37.8 Å². The fourth-order valence-corrected chi connectivity index (χ4v) is 5.46. The molecule has 1 aliphatic rings. The van der Waals surface area contributed by atoms with Crippen LogP contribution in [0.3, 0.4) is 0 Å². The van der Waals surface area contributed by atoms with Crippen LogP contribution in [-0.4, -0.2) is 54.8 Å². The summed E-state index contributed by atoms with van der Waals surface area (Å²) in [4.78, 5) is 30.8. The summed E-state index contributed by atoms with van der Waals surface area (Å²) >= 11 is 1.67. The molecule has 204 valence electrons. The fourth-order valence-electron chi connectivity index (χ4n) is 5.10. The number of H-pyrrole nitrogens is 1. The number of aromatic nitrogens is 5. The minimum Gasteiger partial charge on any atom is -0.339 e. The zero-order valence-electron chi connectivity index (χ0n) is 22.4. The monoisotopic (exact) mass is 541 g/mol. The van der Waals surface area contributed by atoms with Crippen LogP contribution in [0.4, 0.5) is 10.2 Å². The van der Waals surface area contributed by atoms with Gasteiger partial charge in [0.25, 0.3) is 5.91 Å². The topological polar surface area (TPSA) is 118 Å². The van der Waals surface area contributed by atoms with Gasteiger partial charge in [-0.3, -0.25) is 19.4 Å². The van der Waals surface area contributed by atoms with Crippen LogP contribution in [0.5, 0.6) is 0 Å². The summed E-state index contributed by atoms with van der Waals surface area (Å²) in [5.41, 5.74) is 2.94. The Bertz CT molecular complexity index is 1270. The molecule has 1 aliphatic carbocycles. The summed E-state index contributed by atoms with van der Waals surface area (Å²) < 4.78 is 16.8. The number of anilines is 1. The van der Waals surface area contributed by atoms with Gasteiger partial charge >= 0.3 is 0 Å². The second-order valence-electron chi connectivity index (χ2n) is 9.94. The molecule has 11 heteroatoms. The van der Waals surface area contributed by atoms with Crippen LogP contribution in [0.2, 0.25) is 0 Å². The standard InChI is InChI=1S/C27H36FN7O2S/c1-5-20-23(17(3)33-34-20)19-10-11-22(30-25(19)28)31-27(37)24(18-8-6-16(2)7-9-18)32-26(36)21-12-13-29-35(21)14-15-38-4/h10-13,16,18,24H,5-9,14-15H2,1-4H3,(H,32,36)(H,33,34)(H,30,31,37)/t16?,18?,24-/m0/s1. The first-order valence-corrected chi connectivity index (χ1v) is 14.5. The lowest BCUT2D eigenvalue weighted by Gasteiger charge is -2.32. The van der Waals surface area contributed by atoms with E-state index in [4.69, 9.17) is 0 Å². The van der Waals surface area contributed by atoms with E-state index in [-0.39, 0.29) is 17.6 Å². The van der Waals surface area contributed by atoms with Crippen molar-refractivity contribution in [2.24, 2.45) is 11.8 Å². The molecule has 1 atom stereocenters. The Morgan fingerprint density at radius 3 is 2.68 bits per heavy atom. The maximum absolute atomic E-state index is 15.1. The van der Waals surface area contributed by atoms with Crippen molar-refractivity contribution < 1.29 is 14.0 Å². The van der Waals surface area contributed by atoms with Crippen LogP contribution < -0.4 is 10.6 Å². The molecule has 0 radical (unpaired) electrons. The average Bonchev–Trinajstić information content (AvgIpc) is 3.53. The average molecular weight is 542 g/mol. The number of nitrogens with zero attached hydrogens (tertiary/aromatic N) is 4. The molecule has 3 N–H and O–H groups in total. The summed E-state index contributed by atoms with van der Waals surface area (Å²) in [6.45, 7) is 6.58. The normalized spacial score (nSPS) is 18.2. The third kappa shape index (κ3) is 6.25. The number of amides is 2. The molecule has 0 saturated heterocycles. The van der Waals surface area contributed by atoms with Gasteiger partial charge in [-0.15, -0.1) is 0 Å². The largest absolute Gasteiger partial charge is 0.339 e. The lowest BCUT2D eigenvalue weighted by molar-refractivity contribution is -0.119. The highest BCUT2D eigenvalue weighted by Crippen LogP contribution is 2.32. The lowest BCUT2D eigenvalue weighted by Crippen LogP contribution is -2.49. The van der Waals surface area contributed by atoms with Gasteiger partial charge in [0.1, 0.15) is 17.6 Å². The van der Waals surface area contributed by atoms with Crippen LogP contribution in [0.15, 0.2) is 24.4 Å². The SMILES string of the molecule is CCc1[nH]nc(C)c1-c1ccc(NC(=O)[C@@H](NC(=O)c2ccnn2CCSC)C2CCC(C)CC2)nc1F. The van der Waals surface area contributed by atoms with Crippen LogP contribution in [-0.2, 0) is 17.8 Å². The fraction of sp³-hybridized carbons (Fsp3) is 0.519. The summed E-state index contributed by atoms with van der Waals surface area (Å²) in [7, 11) is 0. The molecule has 0 aliphatic heterocycles. The maximum atomic E-state index is 15.1. The van der Waals surface area contributed by atoms with Crippen molar-refractivity contribution in [3.63, 3.8) is 0 Å². The highest BCUT2D eigenvalue weighted by Gasteiger charge is 2.33. The highest BCUT2D eigenvalue weighted by molar-refractivity contribution is 7.98. The highest BCUT2D eigenvalue weighted by atomic mass is 32.2. The third-order valence-electron chi connectivity index (χ3n) is 7.30. The molecule has 3 aromatic rings. The molecule has 4 rings (SSSR count). The Morgan fingerprint density at radius 2 is 2.00 bits per heavy atom. The van der Waals surface area contributed by atoms with Crippen molar-refractivity contribution in [1.29, 1.82) is 0 Å². The summed E-state index contributed by atoms with van der Waals surface area (Å²) in [5.74, 6) is 0.0398. The quantitative estimate of drug-likeness (QED) is 0.323. The Balaban J connectivity index is 1.54. The smallest absolute Gasteiger partial charge is 0.270 e. The van der Waals surface area contributed by atoms with E-state index in [1.807, 2.05) is 20.1 Å². The number of halogens is 1. The van der Waals surface area contributed by atoms with Gasteiger partial charge in [-0.1, -0.05) is 26.7 Å². The van der Waals surface area contributed by atoms with E-state index in [1.54, 1.807) is 40.8 Å². The third-order valence-corrected chi connectivity index (χ3v) is 7.89. The molecule has 0 spiro atoms. The number of nitrogens with one attached hydrogen (secondary N) is 3. The van der Waals surface area contributed by atoms with Crippen LogP contribution >= 0.6 is 11.8 Å². The van der Waals surface area contributed by atoms with Gasteiger partial charge in [0.2, 0.25) is 11.9 Å². The van der Waals surface area contributed by atoms with Gasteiger partial charge in [0, 0.05) is 28.8 Å². The van der Waals surface area contributed by atoms with Crippen molar-refractivity contribution >= 4 is 29.4 Å². The van der Waals surface area contributed by atoms with E-state index in [9.17, 15) is 9.59 Å². The van der Waals surface area contributed by atoms with Crippen molar-refractivity contribution in [2.75, 3.05) is 17.3 Å². The summed E-state index contributed by atoms with van der Waals surface area (Å²) in [6, 6.07) is 4.08. The van der Waals surface area contributed by atoms with Gasteiger partial charge < -0.3 is 10.6 Å². The van der Waals surface area contributed by atoms with Gasteiger partial charge in [0.05, 0.1) is 12.2 Å². The maximum Gasteiger partial charge on any atom is 0.270 e. The number of hydrogen-bond donors (Lipinski definition) is 3. The molecule has 3 heterocycles. The van der Waals surface area contributed by atoms with Gasteiger partial charge in [-0.2, -0.15) is 26.3 Å². The van der Waals surface area contributed by atoms with Gasteiger partial charge in [0.15, 0.2) is 0 Å². The molecule has 9 nitrogen and oxygen atoms in total. The van der Waals surface area contributed by atoms with E-state index >= 15 is 4.39 Å². The van der Waals surface area contributed by atoms with Crippen molar-refractivity contribution in [1.82, 2.24) is 30.3 Å². The van der Waals surface area contributed by atoms with Crippen molar-refractivity contribution in [3.05, 3.63) is 47.4 Å². The summed E-state index contributed by atoms with van der Waals surface area (Å²) in [5, 5.41) is 17.1. The number of carbonyl (C=O) groups is 2. The molecule has 2 amide bonds. The second kappa shape index (κ2) is 12.6. The molecule has 1 fully saturated rings. The van der Waals surface area contributed by atoms with Gasteiger partial charge in [-0.25, -0.2) is 4.98 Å². The second-order valence-corrected chi connectivity index (χ2v) is 10.9. The number of aryl methyl sites for hydroxylation is 3. The van der Waals surface area contributed by atoms with Crippen LogP contribution in [0.1, 0.15) is 61.4 Å². The van der Waals surface area contributed by atoms with E-state index < -0.39 is 17.9 Å². The molecule has 3 aromatic heterocycles. The Hall–Kier alpha value is -3.21. The predicted molar refractivity (Wildman–Crippen MR) is 148 cm³/mol. The number of thioether (sulfide) groups is 1. The van der Waals surface area contributed by atoms with E-state index in [0.29, 0.717) is 41.4 Å². The molecular formula is C27H36FN7O2S. The first kappa shape index (κ1) is 27.8. The minimum atomic E-state index is -0.772. The molecule has 0 bridgehead atoms. The number of rotatable bonds is 10. The van der Waals surface area contributed by atoms with Crippen molar-refractivity contribution in [2.45, 2.75) is 65.5 Å². The Labute approximate surface area is 226 Å². The summed E-state index contributed by atoms with van der Waals surface area (Å²) in [6.07, 6.45) is 7.88. The zero-order chi connectivity index (χ0) is 27.2. The van der Waals surface area contributed by atoms with E-state index in [0.717, 1.165) is 37.1 Å². The first-order valence-electron chi connectivity index (χ1n) is 13.2. The number of pyridine rings is 1. The van der Waals surface area contributed by atoms with Crippen LogP contribution in [0.25, 0.3) is 11.1 Å². The lowest BCUT2D eigenvalue weighted by atomic mass is 9.79. The first-order chi connectivity index (χ1) is 18.3. The van der Waals surface area contributed by atoms with E-state index in [1.165, 1.54) is 0 Å². The van der Waals surface area contributed by atoms with Crippen molar-refractivity contribution in [3.8, 4) is 11.1 Å². The molecule has 0 unspecified atom stereocenters. The number of hydrogen-bond acceptors (Lipinski definition) is 6. The Kier molecular flexibility index (Phi) is 9.19. The molecule has 1 saturated carbocycles.